The molecule has 1 rings (SSSR count). The summed E-state index contributed by atoms with van der Waals surface area (Å²) in [5.74, 6) is -0.923. The van der Waals surface area contributed by atoms with E-state index in [1.54, 1.807) is 0 Å². The van der Waals surface area contributed by atoms with Crippen molar-refractivity contribution in [1.29, 1.82) is 0 Å². The van der Waals surface area contributed by atoms with Crippen molar-refractivity contribution >= 4 is 5.97 Å². The van der Waals surface area contributed by atoms with Crippen molar-refractivity contribution in [3.05, 3.63) is 35.4 Å². The molecule has 0 amide bonds. The van der Waals surface area contributed by atoms with Crippen LogP contribution in [0, 0.1) is 0 Å². The zero-order chi connectivity index (χ0) is 12.9. The number of aliphatic carboxylic acids is 1. The predicted molar refractivity (Wildman–Crippen MR) is 67.3 cm³/mol. The largest absolute Gasteiger partial charge is 0.480 e. The third kappa shape index (κ3) is 5.00. The summed E-state index contributed by atoms with van der Waals surface area (Å²) in [4.78, 5) is 10.2. The zero-order valence-corrected chi connectivity index (χ0v) is 10.7. The van der Waals surface area contributed by atoms with Crippen LogP contribution in [-0.4, -0.2) is 24.3 Å². The maximum absolute atomic E-state index is 10.2. The van der Waals surface area contributed by atoms with E-state index in [1.807, 2.05) is 0 Å². The Hall–Kier alpha value is -1.35. The minimum Gasteiger partial charge on any atom is -0.480 e. The summed E-state index contributed by atoms with van der Waals surface area (Å²) in [6.45, 7) is 6.76. The monoisotopic (exact) mass is 236 g/mol. The van der Waals surface area contributed by atoms with Crippen LogP contribution in [0.5, 0.6) is 0 Å². The summed E-state index contributed by atoms with van der Waals surface area (Å²) in [6.07, 6.45) is 0.748. The molecule has 3 nitrogen and oxygen atoms in total. The third-order valence-corrected chi connectivity index (χ3v) is 2.58. The number of benzene rings is 1. The van der Waals surface area contributed by atoms with Crippen LogP contribution in [0.2, 0.25) is 0 Å². The van der Waals surface area contributed by atoms with Crippen LogP contribution < -0.4 is 0 Å². The Kier molecular flexibility index (Phi) is 4.70. The first-order valence-electron chi connectivity index (χ1n) is 5.78. The van der Waals surface area contributed by atoms with E-state index >= 15 is 0 Å². The van der Waals surface area contributed by atoms with Crippen LogP contribution in [0.1, 0.15) is 31.9 Å². The van der Waals surface area contributed by atoms with Crippen LogP contribution in [-0.2, 0) is 21.4 Å². The Morgan fingerprint density at radius 1 is 1.24 bits per heavy atom. The second-order valence-corrected chi connectivity index (χ2v) is 5.14. The highest BCUT2D eigenvalue weighted by molar-refractivity contribution is 5.67. The number of carboxylic acid groups (broad SMARTS) is 1. The highest BCUT2D eigenvalue weighted by Crippen LogP contribution is 2.22. The summed E-state index contributed by atoms with van der Waals surface area (Å²) < 4.78 is 5.00. The van der Waals surface area contributed by atoms with Crippen molar-refractivity contribution in [3.63, 3.8) is 0 Å². The van der Waals surface area contributed by atoms with Gasteiger partial charge >= 0.3 is 5.97 Å². The molecule has 0 radical (unpaired) electrons. The molecular weight excluding hydrogens is 216 g/mol. The van der Waals surface area contributed by atoms with Gasteiger partial charge in [0, 0.05) is 0 Å². The molecule has 94 valence electrons. The van der Waals surface area contributed by atoms with Crippen molar-refractivity contribution in [2.24, 2.45) is 0 Å². The van der Waals surface area contributed by atoms with Crippen molar-refractivity contribution in [2.45, 2.75) is 32.6 Å². The van der Waals surface area contributed by atoms with Crippen molar-refractivity contribution in [1.82, 2.24) is 0 Å². The van der Waals surface area contributed by atoms with Crippen LogP contribution >= 0.6 is 0 Å². The summed E-state index contributed by atoms with van der Waals surface area (Å²) >= 11 is 0. The molecule has 0 fully saturated rings. The average molecular weight is 236 g/mol. The fourth-order valence-electron chi connectivity index (χ4n) is 1.52. The molecule has 0 aliphatic rings. The second kappa shape index (κ2) is 5.82. The van der Waals surface area contributed by atoms with E-state index in [-0.39, 0.29) is 12.0 Å². The van der Waals surface area contributed by atoms with Gasteiger partial charge in [0.2, 0.25) is 0 Å². The van der Waals surface area contributed by atoms with Crippen molar-refractivity contribution in [3.8, 4) is 0 Å². The molecule has 1 aromatic carbocycles. The maximum Gasteiger partial charge on any atom is 0.329 e. The molecule has 0 aliphatic carbocycles. The highest BCUT2D eigenvalue weighted by atomic mass is 16.5. The normalized spacial score (nSPS) is 11.5. The molecule has 1 aromatic rings. The molecule has 0 heterocycles. The molecule has 0 unspecified atom stereocenters. The maximum atomic E-state index is 10.2. The van der Waals surface area contributed by atoms with Gasteiger partial charge in [-0.15, -0.1) is 0 Å². The number of hydrogen-bond acceptors (Lipinski definition) is 2. The molecule has 0 atom stereocenters. The van der Waals surface area contributed by atoms with Gasteiger partial charge in [0.15, 0.2) is 0 Å². The first-order valence-corrected chi connectivity index (χ1v) is 5.78. The van der Waals surface area contributed by atoms with Crippen molar-refractivity contribution in [2.75, 3.05) is 13.2 Å². The fraction of sp³-hybridized carbons (Fsp3) is 0.500. The quantitative estimate of drug-likeness (QED) is 0.799. The lowest BCUT2D eigenvalue weighted by atomic mass is 9.86. The number of carboxylic acids is 1. The smallest absolute Gasteiger partial charge is 0.329 e. The molecule has 0 aliphatic heterocycles. The number of ether oxygens (including phenoxy) is 1. The van der Waals surface area contributed by atoms with Crippen LogP contribution in [0.3, 0.4) is 0 Å². The molecular formula is C14H20O3. The Bertz CT molecular complexity index is 360. The lowest BCUT2D eigenvalue weighted by molar-refractivity contribution is -0.142. The van der Waals surface area contributed by atoms with E-state index in [1.165, 1.54) is 11.1 Å². The molecule has 0 aromatic heterocycles. The van der Waals surface area contributed by atoms with Gasteiger partial charge in [0.25, 0.3) is 0 Å². The SMILES string of the molecule is CC(C)(C)c1ccc(CCOCC(=O)O)cc1. The van der Waals surface area contributed by atoms with E-state index in [9.17, 15) is 4.79 Å². The third-order valence-electron chi connectivity index (χ3n) is 2.58. The Labute approximate surface area is 102 Å². The van der Waals surface area contributed by atoms with Crippen LogP contribution in [0.15, 0.2) is 24.3 Å². The van der Waals surface area contributed by atoms with E-state index in [2.05, 4.69) is 45.0 Å². The van der Waals surface area contributed by atoms with Crippen LogP contribution in [0.4, 0.5) is 0 Å². The van der Waals surface area contributed by atoms with Gasteiger partial charge in [0.05, 0.1) is 6.61 Å². The van der Waals surface area contributed by atoms with Crippen LogP contribution in [0.25, 0.3) is 0 Å². The molecule has 1 N–H and O–H groups in total. The van der Waals surface area contributed by atoms with Gasteiger partial charge in [-0.25, -0.2) is 4.79 Å². The van der Waals surface area contributed by atoms with Gasteiger partial charge < -0.3 is 9.84 Å². The fourth-order valence-corrected chi connectivity index (χ4v) is 1.52. The lowest BCUT2D eigenvalue weighted by Crippen LogP contribution is -2.11. The lowest BCUT2D eigenvalue weighted by Gasteiger charge is -2.19. The Morgan fingerprint density at radius 2 is 1.82 bits per heavy atom. The number of rotatable bonds is 5. The summed E-state index contributed by atoms with van der Waals surface area (Å²) in [5, 5.41) is 8.41. The standard InChI is InChI=1S/C14H20O3/c1-14(2,3)12-6-4-11(5-7-12)8-9-17-10-13(15)16/h4-7H,8-10H2,1-3H3,(H,15,16). The molecule has 3 heteroatoms. The van der Waals surface area contributed by atoms with E-state index < -0.39 is 5.97 Å². The van der Waals surface area contributed by atoms with Gasteiger partial charge in [-0.2, -0.15) is 0 Å². The van der Waals surface area contributed by atoms with Gasteiger partial charge in [-0.1, -0.05) is 45.0 Å². The zero-order valence-electron chi connectivity index (χ0n) is 10.7. The number of hydrogen-bond donors (Lipinski definition) is 1. The van der Waals surface area contributed by atoms with E-state index in [4.69, 9.17) is 9.84 Å². The second-order valence-electron chi connectivity index (χ2n) is 5.14. The Morgan fingerprint density at radius 3 is 2.29 bits per heavy atom. The topological polar surface area (TPSA) is 46.5 Å². The molecule has 17 heavy (non-hydrogen) atoms. The van der Waals surface area contributed by atoms with Gasteiger partial charge in [-0.3, -0.25) is 0 Å². The summed E-state index contributed by atoms with van der Waals surface area (Å²) in [5.41, 5.74) is 2.63. The van der Waals surface area contributed by atoms with Gasteiger partial charge in [-0.05, 0) is 23.0 Å². The molecule has 0 bridgehead atoms. The summed E-state index contributed by atoms with van der Waals surface area (Å²) in [6, 6.07) is 8.38. The van der Waals surface area contributed by atoms with Gasteiger partial charge in [0.1, 0.15) is 6.61 Å². The first-order chi connectivity index (χ1) is 7.89. The minimum atomic E-state index is -0.923. The number of carbonyl (C=O) groups is 1. The summed E-state index contributed by atoms with van der Waals surface area (Å²) in [7, 11) is 0. The highest BCUT2D eigenvalue weighted by Gasteiger charge is 2.12. The predicted octanol–water partition coefficient (Wildman–Crippen LogP) is 2.63. The average Bonchev–Trinajstić information content (AvgIpc) is 2.23. The first kappa shape index (κ1) is 13.7. The molecule has 0 spiro atoms. The Balaban J connectivity index is 2.43. The molecule has 0 saturated carbocycles. The van der Waals surface area contributed by atoms with E-state index in [0.717, 1.165) is 6.42 Å². The minimum absolute atomic E-state index is 0.165. The molecule has 0 saturated heterocycles. The van der Waals surface area contributed by atoms with E-state index in [0.29, 0.717) is 6.61 Å². The van der Waals surface area contributed by atoms with Crippen molar-refractivity contribution < 1.29 is 14.6 Å².